The summed E-state index contributed by atoms with van der Waals surface area (Å²) in [4.78, 5) is 29.4. The number of nitriles is 1. The molecule has 0 saturated heterocycles. The predicted molar refractivity (Wildman–Crippen MR) is 113 cm³/mol. The highest BCUT2D eigenvalue weighted by atomic mass is 16.6. The molecule has 1 aliphatic heterocycles. The molecule has 0 fully saturated rings. The summed E-state index contributed by atoms with van der Waals surface area (Å²) in [5.41, 5.74) is 1.58. The van der Waals surface area contributed by atoms with E-state index in [2.05, 4.69) is 10.3 Å². The minimum Gasteiger partial charge on any atom is -0.445 e. The van der Waals surface area contributed by atoms with Crippen LogP contribution in [0.3, 0.4) is 0 Å². The van der Waals surface area contributed by atoms with Gasteiger partial charge in [-0.3, -0.25) is 4.79 Å². The second-order valence-corrected chi connectivity index (χ2v) is 7.46. The SMILES string of the molecule is Cc1cc(Oc2ncccc2C#N)ccc1NC(=O)C1(C)Cc2ccccc2C(=O)O1. The van der Waals surface area contributed by atoms with E-state index in [1.54, 1.807) is 55.6 Å². The molecule has 1 amide bonds. The predicted octanol–water partition coefficient (Wildman–Crippen LogP) is 4.16. The number of hydrogen-bond donors (Lipinski definition) is 1. The lowest BCUT2D eigenvalue weighted by Gasteiger charge is -2.33. The number of amides is 1. The van der Waals surface area contributed by atoms with E-state index in [9.17, 15) is 9.59 Å². The van der Waals surface area contributed by atoms with Gasteiger partial charge in [-0.15, -0.1) is 0 Å². The van der Waals surface area contributed by atoms with Crippen molar-refractivity contribution in [3.8, 4) is 17.7 Å². The van der Waals surface area contributed by atoms with Gasteiger partial charge in [0, 0.05) is 18.3 Å². The Morgan fingerprint density at radius 2 is 2.03 bits per heavy atom. The topological polar surface area (TPSA) is 101 Å². The molecule has 7 heteroatoms. The normalized spacial score (nSPS) is 17.1. The Morgan fingerprint density at radius 1 is 1.23 bits per heavy atom. The monoisotopic (exact) mass is 413 g/mol. The molecule has 1 atom stereocenters. The zero-order chi connectivity index (χ0) is 22.0. The van der Waals surface area contributed by atoms with Crippen LogP contribution in [0.4, 0.5) is 5.69 Å². The standard InChI is InChI=1S/C24H19N3O4/c1-15-12-18(30-21-17(14-25)7-5-11-26-21)9-10-20(15)27-23(29)24(2)13-16-6-3-4-8-19(16)22(28)31-24/h3-12H,13H2,1-2H3,(H,27,29). The van der Waals surface area contributed by atoms with E-state index >= 15 is 0 Å². The van der Waals surface area contributed by atoms with Crippen molar-refractivity contribution in [3.63, 3.8) is 0 Å². The number of aryl methyl sites for hydroxylation is 1. The van der Waals surface area contributed by atoms with Crippen LogP contribution < -0.4 is 10.1 Å². The first-order valence-corrected chi connectivity index (χ1v) is 9.66. The largest absolute Gasteiger partial charge is 0.445 e. The highest BCUT2D eigenvalue weighted by Crippen LogP contribution is 2.31. The molecule has 3 aromatic rings. The number of fused-ring (bicyclic) bond motifs is 1. The van der Waals surface area contributed by atoms with Gasteiger partial charge >= 0.3 is 5.97 Å². The Balaban J connectivity index is 1.52. The van der Waals surface area contributed by atoms with E-state index in [1.807, 2.05) is 25.1 Å². The molecule has 0 saturated carbocycles. The molecule has 1 unspecified atom stereocenters. The number of carbonyl (C=O) groups is 2. The molecule has 7 nitrogen and oxygen atoms in total. The number of carbonyl (C=O) groups excluding carboxylic acids is 2. The van der Waals surface area contributed by atoms with Crippen LogP contribution in [-0.2, 0) is 16.0 Å². The molecule has 154 valence electrons. The van der Waals surface area contributed by atoms with Crippen LogP contribution in [0.5, 0.6) is 11.6 Å². The number of aromatic nitrogens is 1. The van der Waals surface area contributed by atoms with Crippen molar-refractivity contribution in [1.82, 2.24) is 4.98 Å². The summed E-state index contributed by atoms with van der Waals surface area (Å²) < 4.78 is 11.2. The van der Waals surface area contributed by atoms with Crippen LogP contribution in [0.1, 0.15) is 34.0 Å². The average molecular weight is 413 g/mol. The van der Waals surface area contributed by atoms with Crippen molar-refractivity contribution in [2.75, 3.05) is 5.32 Å². The van der Waals surface area contributed by atoms with E-state index in [4.69, 9.17) is 14.7 Å². The van der Waals surface area contributed by atoms with Crippen LogP contribution in [0.25, 0.3) is 0 Å². The number of benzene rings is 2. The minimum absolute atomic E-state index is 0.210. The molecule has 0 bridgehead atoms. The van der Waals surface area contributed by atoms with Crippen LogP contribution in [0, 0.1) is 18.3 Å². The van der Waals surface area contributed by atoms with Crippen LogP contribution in [-0.4, -0.2) is 22.5 Å². The van der Waals surface area contributed by atoms with E-state index in [0.717, 1.165) is 11.1 Å². The fourth-order valence-electron chi connectivity index (χ4n) is 3.42. The third-order valence-corrected chi connectivity index (χ3v) is 5.12. The van der Waals surface area contributed by atoms with Crippen LogP contribution in [0.15, 0.2) is 60.8 Å². The van der Waals surface area contributed by atoms with E-state index in [1.165, 1.54) is 0 Å². The van der Waals surface area contributed by atoms with E-state index in [0.29, 0.717) is 22.6 Å². The van der Waals surface area contributed by atoms with Gasteiger partial charge < -0.3 is 14.8 Å². The maximum Gasteiger partial charge on any atom is 0.339 e. The number of pyridine rings is 1. The number of anilines is 1. The molecule has 4 rings (SSSR count). The molecule has 1 aliphatic rings. The minimum atomic E-state index is -1.32. The summed E-state index contributed by atoms with van der Waals surface area (Å²) in [5.74, 6) is -0.233. The lowest BCUT2D eigenvalue weighted by atomic mass is 9.89. The Bertz CT molecular complexity index is 1230. The Labute approximate surface area is 179 Å². The first-order chi connectivity index (χ1) is 14.9. The van der Waals surface area contributed by atoms with Crippen molar-refractivity contribution in [1.29, 1.82) is 5.26 Å². The molecule has 31 heavy (non-hydrogen) atoms. The molecule has 0 radical (unpaired) electrons. The number of nitrogens with one attached hydrogen (secondary N) is 1. The molecule has 1 aromatic heterocycles. The molecular weight excluding hydrogens is 394 g/mol. The van der Waals surface area contributed by atoms with Crippen LogP contribution >= 0.6 is 0 Å². The van der Waals surface area contributed by atoms with Crippen LogP contribution in [0.2, 0.25) is 0 Å². The summed E-state index contributed by atoms with van der Waals surface area (Å²) in [6.07, 6.45) is 1.83. The Hall–Kier alpha value is -4.18. The van der Waals surface area contributed by atoms with Gasteiger partial charge in [-0.2, -0.15) is 5.26 Å². The van der Waals surface area contributed by atoms with Gasteiger partial charge in [-0.1, -0.05) is 18.2 Å². The Kier molecular flexibility index (Phi) is 5.14. The quantitative estimate of drug-likeness (QED) is 0.645. The van der Waals surface area contributed by atoms with Crippen molar-refractivity contribution in [2.24, 2.45) is 0 Å². The summed E-state index contributed by atoms with van der Waals surface area (Å²) >= 11 is 0. The molecule has 1 N–H and O–H groups in total. The highest BCUT2D eigenvalue weighted by Gasteiger charge is 2.42. The molecule has 0 aliphatic carbocycles. The number of hydrogen-bond acceptors (Lipinski definition) is 6. The van der Waals surface area contributed by atoms with Crippen molar-refractivity contribution in [3.05, 3.63) is 83.0 Å². The number of nitrogens with zero attached hydrogens (tertiary/aromatic N) is 2. The fourth-order valence-corrected chi connectivity index (χ4v) is 3.42. The van der Waals surface area contributed by atoms with Gasteiger partial charge in [0.1, 0.15) is 17.4 Å². The van der Waals surface area contributed by atoms with Gasteiger partial charge in [0.25, 0.3) is 5.91 Å². The number of esters is 1. The molecular formula is C24H19N3O4. The van der Waals surface area contributed by atoms with E-state index in [-0.39, 0.29) is 12.3 Å². The van der Waals surface area contributed by atoms with Crippen molar-refractivity contribution in [2.45, 2.75) is 25.9 Å². The van der Waals surface area contributed by atoms with Gasteiger partial charge in [0.2, 0.25) is 5.88 Å². The van der Waals surface area contributed by atoms with Gasteiger partial charge in [0.15, 0.2) is 5.60 Å². The maximum atomic E-state index is 13.0. The lowest BCUT2D eigenvalue weighted by Crippen LogP contribution is -2.49. The maximum absolute atomic E-state index is 13.0. The second kappa shape index (κ2) is 7.92. The summed E-state index contributed by atoms with van der Waals surface area (Å²) in [6, 6.07) is 17.5. The number of ether oxygens (including phenoxy) is 2. The van der Waals surface area contributed by atoms with Gasteiger partial charge in [0.05, 0.1) is 5.56 Å². The zero-order valence-electron chi connectivity index (χ0n) is 17.0. The van der Waals surface area contributed by atoms with Gasteiger partial charge in [-0.05, 0) is 61.4 Å². The summed E-state index contributed by atoms with van der Waals surface area (Å²) in [6.45, 7) is 3.42. The first-order valence-electron chi connectivity index (χ1n) is 9.66. The van der Waals surface area contributed by atoms with Crippen molar-refractivity contribution < 1.29 is 19.1 Å². The zero-order valence-corrected chi connectivity index (χ0v) is 17.0. The second-order valence-electron chi connectivity index (χ2n) is 7.46. The average Bonchev–Trinajstić information content (AvgIpc) is 2.76. The third-order valence-electron chi connectivity index (χ3n) is 5.12. The smallest absolute Gasteiger partial charge is 0.339 e. The van der Waals surface area contributed by atoms with E-state index < -0.39 is 17.5 Å². The number of cyclic esters (lactones) is 1. The number of rotatable bonds is 4. The molecule has 2 aromatic carbocycles. The lowest BCUT2D eigenvalue weighted by molar-refractivity contribution is -0.134. The third kappa shape index (κ3) is 3.96. The Morgan fingerprint density at radius 3 is 2.81 bits per heavy atom. The highest BCUT2D eigenvalue weighted by molar-refractivity contribution is 6.02. The van der Waals surface area contributed by atoms with Crippen molar-refractivity contribution >= 4 is 17.6 Å². The molecule has 0 spiro atoms. The first kappa shape index (κ1) is 20.1. The summed E-state index contributed by atoms with van der Waals surface area (Å²) in [7, 11) is 0. The summed E-state index contributed by atoms with van der Waals surface area (Å²) in [5, 5.41) is 12.0. The molecule has 2 heterocycles. The van der Waals surface area contributed by atoms with Gasteiger partial charge in [-0.25, -0.2) is 9.78 Å². The fraction of sp³-hybridized carbons (Fsp3) is 0.167.